The summed E-state index contributed by atoms with van der Waals surface area (Å²) in [6.07, 6.45) is 0. The first-order valence-corrected chi connectivity index (χ1v) is 9.05. The van der Waals surface area contributed by atoms with E-state index in [0.29, 0.717) is 10.0 Å². The Hall–Kier alpha value is -1.98. The van der Waals surface area contributed by atoms with Gasteiger partial charge in [0.15, 0.2) is 5.13 Å². The molecule has 0 aliphatic rings. The van der Waals surface area contributed by atoms with Crippen LogP contribution < -0.4 is 5.32 Å². The van der Waals surface area contributed by atoms with Gasteiger partial charge in [-0.05, 0) is 51.0 Å². The number of hydrogen-bond donors (Lipinski definition) is 1. The van der Waals surface area contributed by atoms with Crippen molar-refractivity contribution < 1.29 is 4.79 Å². The lowest BCUT2D eigenvalue weighted by Gasteiger charge is -2.08. The van der Waals surface area contributed by atoms with Crippen molar-refractivity contribution in [3.8, 4) is 11.3 Å². The van der Waals surface area contributed by atoms with Crippen LogP contribution >= 0.6 is 22.7 Å². The maximum absolute atomic E-state index is 12.2. The molecule has 2 aromatic heterocycles. The number of anilines is 1. The highest BCUT2D eigenvalue weighted by atomic mass is 32.1. The number of hydrogen-bond acceptors (Lipinski definition) is 4. The van der Waals surface area contributed by atoms with Gasteiger partial charge in [0, 0.05) is 15.8 Å². The summed E-state index contributed by atoms with van der Waals surface area (Å²) in [5.74, 6) is -0.0960. The Balaban J connectivity index is 1.85. The Labute approximate surface area is 144 Å². The van der Waals surface area contributed by atoms with Crippen molar-refractivity contribution in [2.45, 2.75) is 27.7 Å². The van der Waals surface area contributed by atoms with Gasteiger partial charge in [0.25, 0.3) is 5.91 Å². The molecule has 118 valence electrons. The van der Waals surface area contributed by atoms with E-state index >= 15 is 0 Å². The number of amides is 1. The second kappa shape index (κ2) is 6.26. The number of aromatic nitrogens is 1. The molecule has 0 saturated carbocycles. The Bertz CT molecular complexity index is 854. The molecule has 0 unspecified atom stereocenters. The van der Waals surface area contributed by atoms with Gasteiger partial charge in [0.05, 0.1) is 10.6 Å². The SMILES string of the molecule is Cc1cc(C)c(-c2csc(NC(=O)c3ccc(C)s3)n2)c(C)c1. The molecule has 3 rings (SSSR count). The smallest absolute Gasteiger partial charge is 0.267 e. The molecule has 1 N–H and O–H groups in total. The van der Waals surface area contributed by atoms with Crippen molar-refractivity contribution in [2.24, 2.45) is 0 Å². The number of thiazole rings is 1. The van der Waals surface area contributed by atoms with Crippen LogP contribution in [0.1, 0.15) is 31.2 Å². The average molecular weight is 342 g/mol. The summed E-state index contributed by atoms with van der Waals surface area (Å²) in [4.78, 5) is 18.6. The van der Waals surface area contributed by atoms with E-state index in [0.717, 1.165) is 16.1 Å². The van der Waals surface area contributed by atoms with Crippen LogP contribution in [0.15, 0.2) is 29.6 Å². The van der Waals surface area contributed by atoms with Crippen LogP contribution in [0.3, 0.4) is 0 Å². The van der Waals surface area contributed by atoms with Crippen LogP contribution in [0.4, 0.5) is 5.13 Å². The normalized spacial score (nSPS) is 10.8. The van der Waals surface area contributed by atoms with Crippen LogP contribution in [0, 0.1) is 27.7 Å². The number of nitrogens with one attached hydrogen (secondary N) is 1. The molecule has 2 heterocycles. The Morgan fingerprint density at radius 2 is 1.78 bits per heavy atom. The predicted molar refractivity (Wildman–Crippen MR) is 98.8 cm³/mol. The molecule has 0 aliphatic heterocycles. The lowest BCUT2D eigenvalue weighted by molar-refractivity contribution is 0.103. The van der Waals surface area contributed by atoms with Crippen LogP contribution in [0.5, 0.6) is 0 Å². The van der Waals surface area contributed by atoms with Crippen molar-refractivity contribution in [3.63, 3.8) is 0 Å². The van der Waals surface area contributed by atoms with Crippen LogP contribution in [-0.4, -0.2) is 10.9 Å². The topological polar surface area (TPSA) is 42.0 Å². The Morgan fingerprint density at radius 3 is 2.39 bits per heavy atom. The van der Waals surface area contributed by atoms with Crippen LogP contribution in [0.2, 0.25) is 0 Å². The first-order chi connectivity index (χ1) is 10.9. The Morgan fingerprint density at radius 1 is 1.09 bits per heavy atom. The van der Waals surface area contributed by atoms with Gasteiger partial charge in [-0.25, -0.2) is 4.98 Å². The third kappa shape index (κ3) is 3.35. The lowest BCUT2D eigenvalue weighted by Crippen LogP contribution is -2.09. The summed E-state index contributed by atoms with van der Waals surface area (Å²) >= 11 is 2.95. The zero-order valence-corrected chi connectivity index (χ0v) is 15.2. The first kappa shape index (κ1) is 15.9. The minimum Gasteiger partial charge on any atom is -0.297 e. The second-order valence-corrected chi connectivity index (χ2v) is 7.82. The highest BCUT2D eigenvalue weighted by Gasteiger charge is 2.14. The van der Waals surface area contributed by atoms with E-state index < -0.39 is 0 Å². The van der Waals surface area contributed by atoms with Gasteiger partial charge in [-0.3, -0.25) is 10.1 Å². The number of benzene rings is 1. The molecule has 0 radical (unpaired) electrons. The Kier molecular flexibility index (Phi) is 4.33. The first-order valence-electron chi connectivity index (χ1n) is 7.35. The molecule has 5 heteroatoms. The summed E-state index contributed by atoms with van der Waals surface area (Å²) in [7, 11) is 0. The number of carbonyl (C=O) groups excluding carboxylic acids is 1. The number of rotatable bonds is 3. The van der Waals surface area contributed by atoms with Crippen LogP contribution in [-0.2, 0) is 0 Å². The summed E-state index contributed by atoms with van der Waals surface area (Å²) in [5, 5.41) is 5.53. The average Bonchev–Trinajstić information content (AvgIpc) is 3.07. The molecule has 0 bridgehead atoms. The predicted octanol–water partition coefficient (Wildman–Crippen LogP) is 5.36. The molecule has 0 aliphatic carbocycles. The fourth-order valence-corrected chi connectivity index (χ4v) is 4.20. The van der Waals surface area contributed by atoms with Gasteiger partial charge in [-0.1, -0.05) is 17.7 Å². The summed E-state index contributed by atoms with van der Waals surface area (Å²) in [6.45, 7) is 8.29. The van der Waals surface area contributed by atoms with E-state index in [4.69, 9.17) is 0 Å². The zero-order valence-electron chi connectivity index (χ0n) is 13.6. The van der Waals surface area contributed by atoms with E-state index in [1.54, 1.807) is 0 Å². The highest BCUT2D eigenvalue weighted by molar-refractivity contribution is 7.15. The molecular formula is C18H18N2OS2. The monoisotopic (exact) mass is 342 g/mol. The van der Waals surface area contributed by atoms with Crippen molar-refractivity contribution >= 4 is 33.7 Å². The number of aryl methyl sites for hydroxylation is 4. The van der Waals surface area contributed by atoms with Gasteiger partial charge in [-0.15, -0.1) is 22.7 Å². The molecule has 1 aromatic carbocycles. The van der Waals surface area contributed by atoms with Crippen molar-refractivity contribution in [3.05, 3.63) is 56.1 Å². The molecule has 23 heavy (non-hydrogen) atoms. The maximum atomic E-state index is 12.2. The fraction of sp³-hybridized carbons (Fsp3) is 0.222. The van der Waals surface area contributed by atoms with Crippen molar-refractivity contribution in [1.82, 2.24) is 4.98 Å². The molecular weight excluding hydrogens is 324 g/mol. The van der Waals surface area contributed by atoms with Crippen molar-refractivity contribution in [2.75, 3.05) is 5.32 Å². The van der Waals surface area contributed by atoms with Gasteiger partial charge < -0.3 is 0 Å². The van der Waals surface area contributed by atoms with E-state index in [-0.39, 0.29) is 5.91 Å². The minimum absolute atomic E-state index is 0.0960. The maximum Gasteiger partial charge on any atom is 0.267 e. The minimum atomic E-state index is -0.0960. The van der Waals surface area contributed by atoms with Gasteiger partial charge in [0.1, 0.15) is 0 Å². The summed E-state index contributed by atoms with van der Waals surface area (Å²) in [6, 6.07) is 8.12. The highest BCUT2D eigenvalue weighted by Crippen LogP contribution is 2.31. The second-order valence-electron chi connectivity index (χ2n) is 5.68. The lowest BCUT2D eigenvalue weighted by atomic mass is 9.98. The number of carbonyl (C=O) groups is 1. The number of thiophene rings is 1. The van der Waals surface area contributed by atoms with Gasteiger partial charge in [0.2, 0.25) is 0 Å². The van der Waals surface area contributed by atoms with E-state index in [1.165, 1.54) is 39.4 Å². The van der Waals surface area contributed by atoms with Gasteiger partial charge in [-0.2, -0.15) is 0 Å². The van der Waals surface area contributed by atoms with Gasteiger partial charge >= 0.3 is 0 Å². The molecule has 3 nitrogen and oxygen atoms in total. The fourth-order valence-electron chi connectivity index (χ4n) is 2.75. The molecule has 0 saturated heterocycles. The third-order valence-corrected chi connectivity index (χ3v) is 5.38. The van der Waals surface area contributed by atoms with E-state index in [2.05, 4.69) is 43.2 Å². The number of nitrogens with zero attached hydrogens (tertiary/aromatic N) is 1. The standard InChI is InChI=1S/C18H18N2OS2/c1-10-7-11(2)16(12(3)8-10)14-9-22-18(19-14)20-17(21)15-6-5-13(4)23-15/h5-9H,1-4H3,(H,19,20,21). The largest absolute Gasteiger partial charge is 0.297 e. The quantitative estimate of drug-likeness (QED) is 0.696. The third-order valence-electron chi connectivity index (χ3n) is 3.62. The summed E-state index contributed by atoms with van der Waals surface area (Å²) < 4.78 is 0. The molecule has 0 atom stereocenters. The van der Waals surface area contributed by atoms with Crippen LogP contribution in [0.25, 0.3) is 11.3 Å². The molecule has 0 spiro atoms. The summed E-state index contributed by atoms with van der Waals surface area (Å²) in [5.41, 5.74) is 5.74. The van der Waals surface area contributed by atoms with E-state index in [9.17, 15) is 4.79 Å². The van der Waals surface area contributed by atoms with Crippen molar-refractivity contribution in [1.29, 1.82) is 0 Å². The van der Waals surface area contributed by atoms with E-state index in [1.807, 2.05) is 24.4 Å². The molecule has 3 aromatic rings. The molecule has 1 amide bonds. The zero-order chi connectivity index (χ0) is 16.6. The molecule has 0 fully saturated rings.